The van der Waals surface area contributed by atoms with E-state index in [1.165, 1.54) is 6.07 Å². The van der Waals surface area contributed by atoms with Crippen LogP contribution >= 0.6 is 0 Å². The minimum Gasteiger partial charge on any atom is -0.367 e. The smallest absolute Gasteiger partial charge is 0.319 e. The van der Waals surface area contributed by atoms with Gasteiger partial charge in [0.2, 0.25) is 0 Å². The van der Waals surface area contributed by atoms with Crippen LogP contribution in [0.15, 0.2) is 30.3 Å². The number of hydrogen-bond acceptors (Lipinski definition) is 4. The van der Waals surface area contributed by atoms with E-state index in [1.807, 2.05) is 19.1 Å². The van der Waals surface area contributed by atoms with Crippen molar-refractivity contribution in [3.05, 3.63) is 47.4 Å². The number of urea groups is 1. The lowest BCUT2D eigenvalue weighted by Gasteiger charge is -2.09. The van der Waals surface area contributed by atoms with Gasteiger partial charge in [-0.1, -0.05) is 6.07 Å². The van der Waals surface area contributed by atoms with Crippen molar-refractivity contribution in [3.8, 4) is 0 Å². The minimum absolute atomic E-state index is 0.350. The van der Waals surface area contributed by atoms with Gasteiger partial charge in [0, 0.05) is 18.8 Å². The number of anilines is 2. The molecule has 1 aromatic heterocycles. The van der Waals surface area contributed by atoms with Gasteiger partial charge in [-0.25, -0.2) is 9.18 Å². The van der Waals surface area contributed by atoms with Crippen molar-refractivity contribution in [2.45, 2.75) is 13.8 Å². The fourth-order valence-electron chi connectivity index (χ4n) is 1.71. The van der Waals surface area contributed by atoms with Crippen LogP contribution in [0.25, 0.3) is 0 Å². The summed E-state index contributed by atoms with van der Waals surface area (Å²) in [5, 5.41) is 16.1. The van der Waals surface area contributed by atoms with E-state index in [-0.39, 0.29) is 11.8 Å². The molecule has 7 heteroatoms. The van der Waals surface area contributed by atoms with Crippen molar-refractivity contribution in [1.82, 2.24) is 15.5 Å². The fourth-order valence-corrected chi connectivity index (χ4v) is 1.71. The van der Waals surface area contributed by atoms with Crippen LogP contribution < -0.4 is 16.0 Å². The van der Waals surface area contributed by atoms with Crippen LogP contribution in [-0.4, -0.2) is 29.3 Å². The molecule has 0 radical (unpaired) electrons. The Labute approximate surface area is 128 Å². The quantitative estimate of drug-likeness (QED) is 0.741. The first-order valence-corrected chi connectivity index (χ1v) is 6.90. The molecule has 0 aliphatic heterocycles. The molecule has 2 amide bonds. The summed E-state index contributed by atoms with van der Waals surface area (Å²) in [7, 11) is 0. The molecule has 0 atom stereocenters. The number of hydrogen-bond donors (Lipinski definition) is 3. The van der Waals surface area contributed by atoms with Gasteiger partial charge in [0.05, 0.1) is 5.69 Å². The summed E-state index contributed by atoms with van der Waals surface area (Å²) in [5.74, 6) is 0.297. The number of carbonyl (C=O) groups excluding carboxylic acids is 1. The second kappa shape index (κ2) is 7.35. The van der Waals surface area contributed by atoms with Crippen LogP contribution in [0.3, 0.4) is 0 Å². The minimum atomic E-state index is -0.389. The van der Waals surface area contributed by atoms with Crippen LogP contribution in [-0.2, 0) is 0 Å². The molecule has 1 heterocycles. The molecule has 1 aromatic carbocycles. The first-order valence-electron chi connectivity index (χ1n) is 6.90. The molecule has 3 N–H and O–H groups in total. The van der Waals surface area contributed by atoms with E-state index in [2.05, 4.69) is 26.1 Å². The molecule has 22 heavy (non-hydrogen) atoms. The average Bonchev–Trinajstić information content (AvgIpc) is 2.49. The van der Waals surface area contributed by atoms with Crippen molar-refractivity contribution in [3.63, 3.8) is 0 Å². The lowest BCUT2D eigenvalue weighted by Crippen LogP contribution is -2.32. The molecule has 116 valence electrons. The Kier molecular flexibility index (Phi) is 5.24. The van der Waals surface area contributed by atoms with E-state index in [1.54, 1.807) is 19.1 Å². The molecule has 0 saturated heterocycles. The van der Waals surface area contributed by atoms with Crippen LogP contribution in [0.4, 0.5) is 20.7 Å². The summed E-state index contributed by atoms with van der Waals surface area (Å²) in [6.45, 7) is 4.43. The number of halogens is 1. The fraction of sp³-hybridized carbons (Fsp3) is 0.267. The number of aromatic nitrogens is 2. The Morgan fingerprint density at radius 2 is 1.95 bits per heavy atom. The second-order valence-corrected chi connectivity index (χ2v) is 4.83. The standard InChI is InChI=1S/C15H18FN5O/c1-10-3-5-12(9-13(10)16)19-15(22)18-8-7-17-14-6-4-11(2)20-21-14/h3-6,9H,7-8H2,1-2H3,(H,17,21)(H2,18,19,22). The van der Waals surface area contributed by atoms with E-state index >= 15 is 0 Å². The molecule has 2 rings (SSSR count). The van der Waals surface area contributed by atoms with E-state index in [9.17, 15) is 9.18 Å². The normalized spacial score (nSPS) is 10.1. The largest absolute Gasteiger partial charge is 0.367 e. The van der Waals surface area contributed by atoms with Crippen LogP contribution in [0.1, 0.15) is 11.3 Å². The third kappa shape index (κ3) is 4.69. The summed E-state index contributed by atoms with van der Waals surface area (Å²) in [6, 6.07) is 7.83. The molecular weight excluding hydrogens is 285 g/mol. The zero-order valence-corrected chi connectivity index (χ0v) is 12.5. The average molecular weight is 303 g/mol. The Bertz CT molecular complexity index is 645. The molecule has 0 fully saturated rings. The molecule has 0 aliphatic rings. The highest BCUT2D eigenvalue weighted by Gasteiger charge is 2.03. The number of nitrogens with one attached hydrogen (secondary N) is 3. The van der Waals surface area contributed by atoms with E-state index in [0.717, 1.165) is 5.69 Å². The molecule has 2 aromatic rings. The summed E-state index contributed by atoms with van der Waals surface area (Å²) < 4.78 is 13.4. The molecule has 6 nitrogen and oxygen atoms in total. The topological polar surface area (TPSA) is 78.9 Å². The van der Waals surface area contributed by atoms with Gasteiger partial charge in [0.25, 0.3) is 0 Å². The van der Waals surface area contributed by atoms with Crippen molar-refractivity contribution < 1.29 is 9.18 Å². The highest BCUT2D eigenvalue weighted by atomic mass is 19.1. The zero-order valence-electron chi connectivity index (χ0n) is 12.5. The number of aryl methyl sites for hydroxylation is 2. The van der Waals surface area contributed by atoms with E-state index in [4.69, 9.17) is 0 Å². The summed E-state index contributed by atoms with van der Waals surface area (Å²) in [5.41, 5.74) is 1.79. The Hall–Kier alpha value is -2.70. The highest BCUT2D eigenvalue weighted by Crippen LogP contribution is 2.13. The number of nitrogens with zero attached hydrogens (tertiary/aromatic N) is 2. The van der Waals surface area contributed by atoms with Gasteiger partial charge in [-0.05, 0) is 43.7 Å². The molecule has 0 spiro atoms. The van der Waals surface area contributed by atoms with E-state index < -0.39 is 0 Å². The van der Waals surface area contributed by atoms with Gasteiger partial charge in [-0.2, -0.15) is 5.10 Å². The zero-order chi connectivity index (χ0) is 15.9. The first-order chi connectivity index (χ1) is 10.5. The molecule has 0 bridgehead atoms. The predicted octanol–water partition coefficient (Wildman–Crippen LogP) is 2.47. The molecule has 0 saturated carbocycles. The summed E-state index contributed by atoms with van der Waals surface area (Å²) in [4.78, 5) is 11.7. The second-order valence-electron chi connectivity index (χ2n) is 4.83. The maximum Gasteiger partial charge on any atom is 0.319 e. The molecular formula is C15H18FN5O. The maximum atomic E-state index is 13.4. The Morgan fingerprint density at radius 1 is 1.14 bits per heavy atom. The third-order valence-corrected chi connectivity index (χ3v) is 2.94. The predicted molar refractivity (Wildman–Crippen MR) is 83.4 cm³/mol. The number of benzene rings is 1. The molecule has 0 aliphatic carbocycles. The number of amides is 2. The number of carbonyl (C=O) groups is 1. The van der Waals surface area contributed by atoms with Gasteiger partial charge in [-0.3, -0.25) is 0 Å². The Morgan fingerprint density at radius 3 is 2.64 bits per heavy atom. The maximum absolute atomic E-state index is 13.4. The van der Waals surface area contributed by atoms with Crippen molar-refractivity contribution in [1.29, 1.82) is 0 Å². The SMILES string of the molecule is Cc1ccc(NCCNC(=O)Nc2ccc(C)c(F)c2)nn1. The van der Waals surface area contributed by atoms with Crippen LogP contribution in [0.5, 0.6) is 0 Å². The molecule has 0 unspecified atom stereocenters. The summed E-state index contributed by atoms with van der Waals surface area (Å²) >= 11 is 0. The Balaban J connectivity index is 1.71. The highest BCUT2D eigenvalue weighted by molar-refractivity contribution is 5.89. The number of rotatable bonds is 5. The lowest BCUT2D eigenvalue weighted by molar-refractivity contribution is 0.252. The van der Waals surface area contributed by atoms with Crippen molar-refractivity contribution >= 4 is 17.5 Å². The van der Waals surface area contributed by atoms with Gasteiger partial charge in [0.1, 0.15) is 11.6 Å². The van der Waals surface area contributed by atoms with Crippen LogP contribution in [0, 0.1) is 19.7 Å². The first kappa shape index (κ1) is 15.7. The van der Waals surface area contributed by atoms with Gasteiger partial charge >= 0.3 is 6.03 Å². The lowest BCUT2D eigenvalue weighted by atomic mass is 10.2. The van der Waals surface area contributed by atoms with E-state index in [0.29, 0.717) is 30.2 Å². The van der Waals surface area contributed by atoms with Crippen molar-refractivity contribution in [2.75, 3.05) is 23.7 Å². The van der Waals surface area contributed by atoms with Gasteiger partial charge in [-0.15, -0.1) is 5.10 Å². The monoisotopic (exact) mass is 303 g/mol. The van der Waals surface area contributed by atoms with Gasteiger partial charge in [0.15, 0.2) is 0 Å². The van der Waals surface area contributed by atoms with Gasteiger partial charge < -0.3 is 16.0 Å². The summed E-state index contributed by atoms with van der Waals surface area (Å²) in [6.07, 6.45) is 0. The van der Waals surface area contributed by atoms with Crippen molar-refractivity contribution in [2.24, 2.45) is 0 Å². The van der Waals surface area contributed by atoms with Crippen LogP contribution in [0.2, 0.25) is 0 Å². The third-order valence-electron chi connectivity index (χ3n) is 2.94.